The predicted octanol–water partition coefficient (Wildman–Crippen LogP) is 4.33. The number of hydrogen-bond donors (Lipinski definition) is 1. The van der Waals surface area contributed by atoms with E-state index in [2.05, 4.69) is 5.32 Å². The van der Waals surface area contributed by atoms with Crippen molar-refractivity contribution in [2.45, 2.75) is 45.7 Å². The summed E-state index contributed by atoms with van der Waals surface area (Å²) in [5.41, 5.74) is 3.38. The van der Waals surface area contributed by atoms with Gasteiger partial charge >= 0.3 is 0 Å². The van der Waals surface area contributed by atoms with Crippen LogP contribution in [-0.4, -0.2) is 57.6 Å². The van der Waals surface area contributed by atoms with Crippen LogP contribution in [0.15, 0.2) is 78.9 Å². The van der Waals surface area contributed by atoms with Crippen molar-refractivity contribution in [2.24, 2.45) is 0 Å². The van der Waals surface area contributed by atoms with Crippen molar-refractivity contribution in [3.63, 3.8) is 0 Å². The Morgan fingerprint density at radius 1 is 0.925 bits per heavy atom. The fourth-order valence-electron chi connectivity index (χ4n) is 4.53. The van der Waals surface area contributed by atoms with Gasteiger partial charge in [-0.25, -0.2) is 8.42 Å². The highest BCUT2D eigenvalue weighted by Gasteiger charge is 2.30. The van der Waals surface area contributed by atoms with Gasteiger partial charge in [0, 0.05) is 33.0 Å². The minimum Gasteiger partial charge on any atom is -0.492 e. The number of anilines is 1. The fourth-order valence-corrected chi connectivity index (χ4v) is 5.50. The highest BCUT2D eigenvalue weighted by Crippen LogP contribution is 2.30. The van der Waals surface area contributed by atoms with Crippen molar-refractivity contribution in [2.75, 3.05) is 30.8 Å². The van der Waals surface area contributed by atoms with Crippen molar-refractivity contribution in [1.82, 2.24) is 10.2 Å². The molecule has 0 fully saturated rings. The van der Waals surface area contributed by atoms with Gasteiger partial charge in [-0.3, -0.25) is 13.9 Å². The molecule has 9 heteroatoms. The number of ether oxygens (including phenoxy) is 1. The van der Waals surface area contributed by atoms with Gasteiger partial charge < -0.3 is 15.0 Å². The monoisotopic (exact) mass is 565 g/mol. The van der Waals surface area contributed by atoms with Crippen LogP contribution in [0.2, 0.25) is 0 Å². The summed E-state index contributed by atoms with van der Waals surface area (Å²) in [6.07, 6.45) is 1.83. The summed E-state index contributed by atoms with van der Waals surface area (Å²) in [6, 6.07) is 23.7. The Morgan fingerprint density at radius 2 is 1.57 bits per heavy atom. The van der Waals surface area contributed by atoms with Gasteiger partial charge in [-0.15, -0.1) is 0 Å². The zero-order valence-corrected chi connectivity index (χ0v) is 24.5. The van der Waals surface area contributed by atoms with Crippen LogP contribution in [-0.2, 0) is 32.6 Å². The Kier molecular flexibility index (Phi) is 11.1. The molecule has 0 spiro atoms. The Morgan fingerprint density at radius 3 is 2.20 bits per heavy atom. The van der Waals surface area contributed by atoms with Gasteiger partial charge in [0.05, 0.1) is 18.6 Å². The molecule has 0 saturated heterocycles. The number of hydrogen-bond acceptors (Lipinski definition) is 5. The van der Waals surface area contributed by atoms with Gasteiger partial charge in [0.15, 0.2) is 0 Å². The molecular weight excluding hydrogens is 526 g/mol. The third kappa shape index (κ3) is 8.58. The zero-order valence-electron chi connectivity index (χ0n) is 23.7. The van der Waals surface area contributed by atoms with Crippen LogP contribution in [0.4, 0.5) is 5.69 Å². The molecule has 0 aliphatic rings. The standard InChI is InChI=1S/C31H39N3O5S/c1-5-39-29-15-10-9-14-27(29)34(40(4,37)38)21-11-16-30(35)33(23-26-19-17-24(2)18-20-26)28(31(36)32-3)22-25-12-7-6-8-13-25/h6-10,12-15,17-20,28H,5,11,16,21-23H2,1-4H3,(H,32,36)/t28-/m0/s1. The summed E-state index contributed by atoms with van der Waals surface area (Å²) in [7, 11) is -2.08. The molecule has 3 rings (SSSR count). The van der Waals surface area contributed by atoms with Crippen LogP contribution in [0.1, 0.15) is 36.5 Å². The Balaban J connectivity index is 1.85. The highest BCUT2D eigenvalue weighted by molar-refractivity contribution is 7.92. The van der Waals surface area contributed by atoms with Crippen LogP contribution >= 0.6 is 0 Å². The van der Waals surface area contributed by atoms with E-state index in [4.69, 9.17) is 4.74 Å². The minimum atomic E-state index is -3.64. The van der Waals surface area contributed by atoms with E-state index in [0.29, 0.717) is 24.5 Å². The Hall–Kier alpha value is -3.85. The van der Waals surface area contributed by atoms with Crippen LogP contribution in [0.3, 0.4) is 0 Å². The number of sulfonamides is 1. The lowest BCUT2D eigenvalue weighted by Gasteiger charge is -2.31. The molecule has 0 saturated carbocycles. The molecule has 40 heavy (non-hydrogen) atoms. The second-order valence-electron chi connectivity index (χ2n) is 9.67. The number of carbonyl (C=O) groups excluding carboxylic acids is 2. The first-order chi connectivity index (χ1) is 19.1. The SMILES string of the molecule is CCOc1ccccc1N(CCCC(=O)N(Cc1ccc(C)cc1)[C@@H](Cc1ccccc1)C(=O)NC)S(C)(=O)=O. The van der Waals surface area contributed by atoms with Gasteiger partial charge in [0.1, 0.15) is 11.8 Å². The lowest BCUT2D eigenvalue weighted by atomic mass is 10.0. The number of aryl methyl sites for hydroxylation is 1. The maximum Gasteiger partial charge on any atom is 0.242 e. The largest absolute Gasteiger partial charge is 0.492 e. The van der Waals surface area contributed by atoms with E-state index in [0.717, 1.165) is 22.9 Å². The minimum absolute atomic E-state index is 0.0664. The van der Waals surface area contributed by atoms with Crippen LogP contribution < -0.4 is 14.4 Å². The molecule has 1 atom stereocenters. The number of nitrogens with zero attached hydrogens (tertiary/aromatic N) is 2. The van der Waals surface area contributed by atoms with Crippen LogP contribution in [0.25, 0.3) is 0 Å². The molecule has 0 aliphatic heterocycles. The molecular formula is C31H39N3O5S. The van der Waals surface area contributed by atoms with Crippen molar-refractivity contribution >= 4 is 27.5 Å². The summed E-state index contributed by atoms with van der Waals surface area (Å²) in [5, 5.41) is 2.72. The fraction of sp³-hybridized carbons (Fsp3) is 0.355. The normalized spacial score (nSPS) is 11.9. The molecule has 0 aliphatic carbocycles. The first-order valence-electron chi connectivity index (χ1n) is 13.4. The van der Waals surface area contributed by atoms with Gasteiger partial charge in [-0.2, -0.15) is 0 Å². The third-order valence-corrected chi connectivity index (χ3v) is 7.76. The summed E-state index contributed by atoms with van der Waals surface area (Å²) in [4.78, 5) is 28.5. The molecule has 2 amide bonds. The van der Waals surface area contributed by atoms with E-state index in [1.165, 1.54) is 4.31 Å². The first-order valence-corrected chi connectivity index (χ1v) is 15.3. The lowest BCUT2D eigenvalue weighted by Crippen LogP contribution is -2.49. The van der Waals surface area contributed by atoms with E-state index >= 15 is 0 Å². The molecule has 3 aromatic rings. The Labute approximate surface area is 238 Å². The van der Waals surface area contributed by atoms with E-state index in [1.807, 2.05) is 68.4 Å². The number of para-hydroxylation sites is 2. The number of carbonyl (C=O) groups is 2. The van der Waals surface area contributed by atoms with Gasteiger partial charge in [-0.05, 0) is 43.5 Å². The second kappa shape index (κ2) is 14.5. The number of benzene rings is 3. The predicted molar refractivity (Wildman–Crippen MR) is 159 cm³/mol. The molecule has 0 heterocycles. The van der Waals surface area contributed by atoms with E-state index in [-0.39, 0.29) is 37.7 Å². The highest BCUT2D eigenvalue weighted by atomic mass is 32.2. The van der Waals surface area contributed by atoms with Crippen molar-refractivity contribution in [3.8, 4) is 5.75 Å². The molecule has 0 aromatic heterocycles. The molecule has 3 aromatic carbocycles. The second-order valence-corrected chi connectivity index (χ2v) is 11.6. The summed E-state index contributed by atoms with van der Waals surface area (Å²) in [5.74, 6) is -0.0188. The maximum atomic E-state index is 13.8. The maximum absolute atomic E-state index is 13.8. The van der Waals surface area contributed by atoms with Gasteiger partial charge in [-0.1, -0.05) is 72.3 Å². The summed E-state index contributed by atoms with van der Waals surface area (Å²) >= 11 is 0. The van der Waals surface area contributed by atoms with E-state index in [9.17, 15) is 18.0 Å². The van der Waals surface area contributed by atoms with Gasteiger partial charge in [0.2, 0.25) is 21.8 Å². The molecule has 0 radical (unpaired) electrons. The molecule has 214 valence electrons. The quantitative estimate of drug-likeness (QED) is 0.314. The lowest BCUT2D eigenvalue weighted by molar-refractivity contribution is -0.141. The smallest absolute Gasteiger partial charge is 0.242 e. The average molecular weight is 566 g/mol. The topological polar surface area (TPSA) is 96.0 Å². The Bertz CT molecular complexity index is 1360. The van der Waals surface area contributed by atoms with Gasteiger partial charge in [0.25, 0.3) is 0 Å². The third-order valence-electron chi connectivity index (χ3n) is 6.58. The van der Waals surface area contributed by atoms with Crippen molar-refractivity contribution < 1.29 is 22.7 Å². The average Bonchev–Trinajstić information content (AvgIpc) is 2.94. The number of amides is 2. The summed E-state index contributed by atoms with van der Waals surface area (Å²) < 4.78 is 32.4. The van der Waals surface area contributed by atoms with E-state index < -0.39 is 16.1 Å². The van der Waals surface area contributed by atoms with Crippen molar-refractivity contribution in [3.05, 3.63) is 95.6 Å². The molecule has 0 unspecified atom stereocenters. The van der Waals surface area contributed by atoms with Crippen LogP contribution in [0, 0.1) is 6.92 Å². The van der Waals surface area contributed by atoms with E-state index in [1.54, 1.807) is 36.2 Å². The zero-order chi connectivity index (χ0) is 29.1. The molecule has 1 N–H and O–H groups in total. The summed E-state index contributed by atoms with van der Waals surface area (Å²) in [6.45, 7) is 4.57. The van der Waals surface area contributed by atoms with Crippen LogP contribution in [0.5, 0.6) is 5.75 Å². The first kappa shape index (κ1) is 30.7. The van der Waals surface area contributed by atoms with Crippen molar-refractivity contribution in [1.29, 1.82) is 0 Å². The number of likely N-dealkylation sites (N-methyl/N-ethyl adjacent to an activating group) is 1. The number of nitrogens with one attached hydrogen (secondary N) is 1. The molecule has 8 nitrogen and oxygen atoms in total. The molecule has 0 bridgehead atoms. The number of rotatable bonds is 14.